The Bertz CT molecular complexity index is 407. The van der Waals surface area contributed by atoms with Gasteiger partial charge in [0.25, 0.3) is 0 Å². The molecule has 2 aromatic heterocycles. The highest BCUT2D eigenvalue weighted by Crippen LogP contribution is 2.20. The molecule has 66 valence electrons. The molecule has 13 heavy (non-hydrogen) atoms. The molecule has 0 radical (unpaired) electrons. The average molecular weight is 174 g/mol. The van der Waals surface area contributed by atoms with Crippen molar-refractivity contribution in [1.29, 1.82) is 0 Å². The maximum atomic E-state index is 4.78. The van der Waals surface area contributed by atoms with Crippen LogP contribution >= 0.6 is 0 Å². The van der Waals surface area contributed by atoms with Crippen molar-refractivity contribution in [3.05, 3.63) is 35.9 Å². The summed E-state index contributed by atoms with van der Waals surface area (Å²) in [6, 6.07) is 3.86. The van der Waals surface area contributed by atoms with Gasteiger partial charge in [-0.2, -0.15) is 0 Å². The molecule has 0 aliphatic heterocycles. The van der Waals surface area contributed by atoms with Gasteiger partial charge in [0.1, 0.15) is 12.0 Å². The minimum absolute atomic E-state index is 0.838. The van der Waals surface area contributed by atoms with Crippen LogP contribution < -0.4 is 0 Å². The summed E-state index contributed by atoms with van der Waals surface area (Å²) >= 11 is 0. The number of nitrogens with zero attached hydrogens (tertiary/aromatic N) is 2. The maximum Gasteiger partial charge on any atom is 0.124 e. The van der Waals surface area contributed by atoms with E-state index in [0.717, 1.165) is 17.0 Å². The number of aromatic nitrogens is 2. The largest absolute Gasteiger partial charge is 0.364 e. The molecule has 0 unspecified atom stereocenters. The van der Waals surface area contributed by atoms with Crippen LogP contribution in [0.3, 0.4) is 0 Å². The van der Waals surface area contributed by atoms with Crippen LogP contribution in [0.5, 0.6) is 0 Å². The zero-order chi connectivity index (χ0) is 9.26. The molecular formula is C10H10N2O. The van der Waals surface area contributed by atoms with Crippen LogP contribution in [0.4, 0.5) is 0 Å². The van der Waals surface area contributed by atoms with E-state index in [1.807, 2.05) is 32.2 Å². The zero-order valence-electron chi connectivity index (χ0n) is 7.61. The van der Waals surface area contributed by atoms with Gasteiger partial charge >= 0.3 is 0 Å². The Morgan fingerprint density at radius 1 is 1.31 bits per heavy atom. The zero-order valence-corrected chi connectivity index (χ0v) is 7.61. The van der Waals surface area contributed by atoms with E-state index >= 15 is 0 Å². The van der Waals surface area contributed by atoms with Crippen LogP contribution in [0.1, 0.15) is 11.3 Å². The summed E-state index contributed by atoms with van der Waals surface area (Å²) < 4.78 is 4.78. The van der Waals surface area contributed by atoms with E-state index in [9.17, 15) is 0 Å². The van der Waals surface area contributed by atoms with Crippen LogP contribution in [0.15, 0.2) is 29.1 Å². The summed E-state index contributed by atoms with van der Waals surface area (Å²) in [5.41, 5.74) is 4.05. The fraction of sp³-hybridized carbons (Fsp3) is 0.200. The van der Waals surface area contributed by atoms with Crippen molar-refractivity contribution in [3.63, 3.8) is 0 Å². The molecule has 0 amide bonds. The number of aryl methyl sites for hydroxylation is 2. The molecule has 3 heteroatoms. The van der Waals surface area contributed by atoms with Gasteiger partial charge in [-0.15, -0.1) is 0 Å². The topological polar surface area (TPSA) is 38.9 Å². The Labute approximate surface area is 76.4 Å². The van der Waals surface area contributed by atoms with E-state index in [4.69, 9.17) is 4.52 Å². The first-order valence-corrected chi connectivity index (χ1v) is 4.11. The van der Waals surface area contributed by atoms with Gasteiger partial charge in [-0.3, -0.25) is 4.98 Å². The smallest absolute Gasteiger partial charge is 0.124 e. The fourth-order valence-electron chi connectivity index (χ4n) is 1.32. The molecule has 0 atom stereocenters. The van der Waals surface area contributed by atoms with Gasteiger partial charge in [-0.05, 0) is 25.5 Å². The second kappa shape index (κ2) is 3.01. The second-order valence-electron chi connectivity index (χ2n) is 3.03. The number of rotatable bonds is 1. The SMILES string of the molecule is Cc1cc(C)c(-c2ccon2)cn1. The van der Waals surface area contributed by atoms with Crippen molar-refractivity contribution in [2.75, 3.05) is 0 Å². The van der Waals surface area contributed by atoms with E-state index in [1.165, 1.54) is 5.56 Å². The molecule has 0 aliphatic carbocycles. The molecule has 3 nitrogen and oxygen atoms in total. The fourth-order valence-corrected chi connectivity index (χ4v) is 1.32. The lowest BCUT2D eigenvalue weighted by Gasteiger charge is -2.01. The molecule has 0 spiro atoms. The van der Waals surface area contributed by atoms with Gasteiger partial charge in [0.05, 0.1) is 0 Å². The minimum atomic E-state index is 0.838. The highest BCUT2D eigenvalue weighted by atomic mass is 16.5. The Hall–Kier alpha value is -1.64. The highest BCUT2D eigenvalue weighted by Gasteiger charge is 2.04. The molecule has 0 fully saturated rings. The normalized spacial score (nSPS) is 10.3. The third-order valence-electron chi connectivity index (χ3n) is 1.96. The van der Waals surface area contributed by atoms with Crippen LogP contribution in [-0.4, -0.2) is 10.1 Å². The van der Waals surface area contributed by atoms with E-state index < -0.39 is 0 Å². The number of hydrogen-bond acceptors (Lipinski definition) is 3. The summed E-state index contributed by atoms with van der Waals surface area (Å²) in [5.74, 6) is 0. The van der Waals surface area contributed by atoms with E-state index in [0.29, 0.717) is 0 Å². The Morgan fingerprint density at radius 2 is 2.15 bits per heavy atom. The van der Waals surface area contributed by atoms with Gasteiger partial charge in [-0.1, -0.05) is 5.16 Å². The maximum absolute atomic E-state index is 4.78. The third-order valence-corrected chi connectivity index (χ3v) is 1.96. The quantitative estimate of drug-likeness (QED) is 0.666. The predicted molar refractivity (Wildman–Crippen MR) is 49.2 cm³/mol. The summed E-state index contributed by atoms with van der Waals surface area (Å²) in [6.07, 6.45) is 3.39. The summed E-state index contributed by atoms with van der Waals surface area (Å²) in [7, 11) is 0. The van der Waals surface area contributed by atoms with Crippen molar-refractivity contribution in [3.8, 4) is 11.3 Å². The molecular weight excluding hydrogens is 164 g/mol. The van der Waals surface area contributed by atoms with E-state index in [2.05, 4.69) is 10.1 Å². The van der Waals surface area contributed by atoms with Crippen molar-refractivity contribution < 1.29 is 4.52 Å². The van der Waals surface area contributed by atoms with Crippen molar-refractivity contribution in [2.24, 2.45) is 0 Å². The highest BCUT2D eigenvalue weighted by molar-refractivity contribution is 5.61. The first-order valence-electron chi connectivity index (χ1n) is 4.11. The first kappa shape index (κ1) is 7.98. The van der Waals surface area contributed by atoms with E-state index in [1.54, 1.807) is 6.26 Å². The van der Waals surface area contributed by atoms with Crippen molar-refractivity contribution in [2.45, 2.75) is 13.8 Å². The van der Waals surface area contributed by atoms with Gasteiger partial charge in [0.15, 0.2) is 0 Å². The Balaban J connectivity index is 2.53. The molecule has 0 aromatic carbocycles. The van der Waals surface area contributed by atoms with Gasteiger partial charge in [0, 0.05) is 23.5 Å². The van der Waals surface area contributed by atoms with Gasteiger partial charge < -0.3 is 4.52 Å². The molecule has 0 saturated heterocycles. The monoisotopic (exact) mass is 174 g/mol. The van der Waals surface area contributed by atoms with Crippen molar-refractivity contribution in [1.82, 2.24) is 10.1 Å². The molecule has 2 aromatic rings. The van der Waals surface area contributed by atoms with Crippen LogP contribution in [0.25, 0.3) is 11.3 Å². The van der Waals surface area contributed by atoms with Crippen molar-refractivity contribution >= 4 is 0 Å². The predicted octanol–water partition coefficient (Wildman–Crippen LogP) is 2.35. The Morgan fingerprint density at radius 3 is 2.77 bits per heavy atom. The lowest BCUT2D eigenvalue weighted by molar-refractivity contribution is 0.422. The first-order chi connectivity index (χ1) is 6.27. The Kier molecular flexibility index (Phi) is 1.85. The molecule has 0 saturated carbocycles. The third kappa shape index (κ3) is 1.45. The summed E-state index contributed by atoms with van der Waals surface area (Å²) in [5, 5.41) is 3.86. The van der Waals surface area contributed by atoms with Crippen LogP contribution in [-0.2, 0) is 0 Å². The average Bonchev–Trinajstić information content (AvgIpc) is 2.56. The second-order valence-corrected chi connectivity index (χ2v) is 3.03. The number of pyridine rings is 1. The molecule has 0 bridgehead atoms. The van der Waals surface area contributed by atoms with Crippen LogP contribution in [0, 0.1) is 13.8 Å². The van der Waals surface area contributed by atoms with E-state index in [-0.39, 0.29) is 0 Å². The van der Waals surface area contributed by atoms with Gasteiger partial charge in [0.2, 0.25) is 0 Å². The van der Waals surface area contributed by atoms with Crippen LogP contribution in [0.2, 0.25) is 0 Å². The molecule has 2 rings (SSSR count). The summed E-state index contributed by atoms with van der Waals surface area (Å²) in [4.78, 5) is 4.21. The molecule has 0 aliphatic rings. The summed E-state index contributed by atoms with van der Waals surface area (Å²) in [6.45, 7) is 4.01. The minimum Gasteiger partial charge on any atom is -0.364 e. The lowest BCUT2D eigenvalue weighted by atomic mass is 10.1. The lowest BCUT2D eigenvalue weighted by Crippen LogP contribution is -1.87. The molecule has 0 N–H and O–H groups in total. The number of hydrogen-bond donors (Lipinski definition) is 0. The standard InChI is InChI=1S/C10H10N2O/c1-7-5-8(2)11-6-9(7)10-3-4-13-12-10/h3-6H,1-2H3. The van der Waals surface area contributed by atoms with Gasteiger partial charge in [-0.25, -0.2) is 0 Å². The molecule has 2 heterocycles.